The molecule has 2 nitrogen and oxygen atoms in total. The highest BCUT2D eigenvalue weighted by Gasteiger charge is 2.13. The van der Waals surface area contributed by atoms with Gasteiger partial charge in [0, 0.05) is 8.04 Å². The van der Waals surface area contributed by atoms with Gasteiger partial charge in [-0.3, -0.25) is 4.79 Å². The van der Waals surface area contributed by atoms with Crippen molar-refractivity contribution in [3.05, 3.63) is 61.9 Å². The zero-order valence-electron chi connectivity index (χ0n) is 9.08. The maximum absolute atomic E-state index is 13.5. The van der Waals surface area contributed by atoms with E-state index in [1.807, 2.05) is 18.2 Å². The highest BCUT2D eigenvalue weighted by atomic mass is 127. The van der Waals surface area contributed by atoms with E-state index < -0.39 is 11.7 Å². The molecule has 0 atom stereocenters. The molecule has 0 saturated carbocycles. The number of hydrogen-bond donors (Lipinski definition) is 1. The molecule has 0 aliphatic rings. The molecule has 2 aromatic rings. The van der Waals surface area contributed by atoms with Crippen molar-refractivity contribution in [1.29, 1.82) is 0 Å². The fourth-order valence-electron chi connectivity index (χ4n) is 1.42. The Balaban J connectivity index is 2.28. The smallest absolute Gasteiger partial charge is 0.258 e. The Morgan fingerprint density at radius 1 is 1.22 bits per heavy atom. The van der Waals surface area contributed by atoms with Crippen molar-refractivity contribution in [2.24, 2.45) is 0 Å². The zero-order chi connectivity index (χ0) is 13.1. The van der Waals surface area contributed by atoms with Crippen molar-refractivity contribution < 1.29 is 9.18 Å². The van der Waals surface area contributed by atoms with E-state index in [9.17, 15) is 9.18 Å². The molecule has 5 heteroatoms. The van der Waals surface area contributed by atoms with E-state index in [0.717, 1.165) is 3.57 Å². The summed E-state index contributed by atoms with van der Waals surface area (Å²) in [6, 6.07) is 11.6. The Morgan fingerprint density at radius 2 is 1.94 bits per heavy atom. The van der Waals surface area contributed by atoms with Crippen LogP contribution < -0.4 is 5.32 Å². The largest absolute Gasteiger partial charge is 0.321 e. The molecule has 1 N–H and O–H groups in total. The number of para-hydroxylation sites is 1. The van der Waals surface area contributed by atoms with Crippen molar-refractivity contribution in [3.63, 3.8) is 0 Å². The molecular weight excluding hydrogens is 412 g/mol. The van der Waals surface area contributed by atoms with Gasteiger partial charge in [-0.15, -0.1) is 0 Å². The van der Waals surface area contributed by atoms with Crippen molar-refractivity contribution in [3.8, 4) is 0 Å². The van der Waals surface area contributed by atoms with Gasteiger partial charge in [-0.2, -0.15) is 0 Å². The van der Waals surface area contributed by atoms with Gasteiger partial charge in [-0.25, -0.2) is 4.39 Å². The van der Waals surface area contributed by atoms with Gasteiger partial charge in [0.2, 0.25) is 0 Å². The van der Waals surface area contributed by atoms with Crippen molar-refractivity contribution in [2.75, 3.05) is 5.32 Å². The number of benzene rings is 2. The second-order valence-corrected chi connectivity index (χ2v) is 5.64. The lowest BCUT2D eigenvalue weighted by molar-refractivity contribution is 0.102. The van der Waals surface area contributed by atoms with E-state index in [1.54, 1.807) is 12.1 Å². The number of carbonyl (C=O) groups is 1. The lowest BCUT2D eigenvalue weighted by Gasteiger charge is -2.08. The quantitative estimate of drug-likeness (QED) is 0.716. The number of halogens is 3. The van der Waals surface area contributed by atoms with Crippen LogP contribution in [-0.2, 0) is 0 Å². The molecule has 0 aliphatic carbocycles. The molecule has 0 saturated heterocycles. The van der Waals surface area contributed by atoms with Crippen molar-refractivity contribution >= 4 is 50.1 Å². The molecule has 0 heterocycles. The van der Waals surface area contributed by atoms with Crippen LogP contribution in [0.2, 0.25) is 0 Å². The summed E-state index contributed by atoms with van der Waals surface area (Å²) in [7, 11) is 0. The van der Waals surface area contributed by atoms with Gasteiger partial charge in [0.15, 0.2) is 0 Å². The van der Waals surface area contributed by atoms with E-state index >= 15 is 0 Å². The molecule has 0 spiro atoms. The predicted molar refractivity (Wildman–Crippen MR) is 81.2 cm³/mol. The standard InChI is InChI=1S/C13H8BrFINO/c14-8-5-6-10(15)9(7-8)13(18)17-12-4-2-1-3-11(12)16/h1-7H,(H,17,18). The number of nitrogens with one attached hydrogen (secondary N) is 1. The molecular formula is C13H8BrFINO. The first kappa shape index (κ1) is 13.5. The van der Waals surface area contributed by atoms with Gasteiger partial charge in [0.05, 0.1) is 11.3 Å². The third-order valence-corrected chi connectivity index (χ3v) is 3.73. The number of hydrogen-bond acceptors (Lipinski definition) is 1. The molecule has 1 amide bonds. The lowest BCUT2D eigenvalue weighted by Crippen LogP contribution is -2.14. The van der Waals surface area contributed by atoms with Crippen LogP contribution >= 0.6 is 38.5 Å². The number of rotatable bonds is 2. The first-order valence-electron chi connectivity index (χ1n) is 5.09. The van der Waals surface area contributed by atoms with Gasteiger partial charge in [0.1, 0.15) is 5.82 Å². The minimum atomic E-state index is -0.540. The molecule has 0 aliphatic heterocycles. The van der Waals surface area contributed by atoms with Crippen LogP contribution in [0.3, 0.4) is 0 Å². The van der Waals surface area contributed by atoms with Crippen LogP contribution in [0.5, 0.6) is 0 Å². The number of carbonyl (C=O) groups excluding carboxylic acids is 1. The van der Waals surface area contributed by atoms with E-state index in [2.05, 4.69) is 43.8 Å². The molecule has 2 rings (SSSR count). The SMILES string of the molecule is O=C(Nc1ccccc1I)c1cc(Br)ccc1F. The molecule has 18 heavy (non-hydrogen) atoms. The lowest BCUT2D eigenvalue weighted by atomic mass is 10.2. The van der Waals surface area contributed by atoms with E-state index in [1.165, 1.54) is 12.1 Å². The van der Waals surface area contributed by atoms with Crippen LogP contribution in [-0.4, -0.2) is 5.91 Å². The highest BCUT2D eigenvalue weighted by Crippen LogP contribution is 2.20. The fraction of sp³-hybridized carbons (Fsp3) is 0. The highest BCUT2D eigenvalue weighted by molar-refractivity contribution is 14.1. The Labute approximate surface area is 126 Å². The Morgan fingerprint density at radius 3 is 2.67 bits per heavy atom. The van der Waals surface area contributed by atoms with Crippen molar-refractivity contribution in [1.82, 2.24) is 0 Å². The first-order chi connectivity index (χ1) is 8.58. The third kappa shape index (κ3) is 3.08. The first-order valence-corrected chi connectivity index (χ1v) is 6.96. The van der Waals surface area contributed by atoms with Gasteiger partial charge in [-0.05, 0) is 52.9 Å². The average Bonchev–Trinajstić information content (AvgIpc) is 2.35. The summed E-state index contributed by atoms with van der Waals surface area (Å²) >= 11 is 5.33. The van der Waals surface area contributed by atoms with E-state index in [-0.39, 0.29) is 5.56 Å². The number of amides is 1. The van der Waals surface area contributed by atoms with Crippen LogP contribution in [0.15, 0.2) is 46.9 Å². The minimum Gasteiger partial charge on any atom is -0.321 e. The van der Waals surface area contributed by atoms with Crippen molar-refractivity contribution in [2.45, 2.75) is 0 Å². The normalized spacial score (nSPS) is 10.2. The molecule has 0 fully saturated rings. The minimum absolute atomic E-state index is 0.0176. The summed E-state index contributed by atoms with van der Waals surface area (Å²) < 4.78 is 15.1. The molecule has 2 aromatic carbocycles. The summed E-state index contributed by atoms with van der Waals surface area (Å²) in [4.78, 5) is 12.0. The van der Waals surface area contributed by atoms with E-state index in [4.69, 9.17) is 0 Å². The Hall–Kier alpha value is -0.950. The topological polar surface area (TPSA) is 29.1 Å². The summed E-state index contributed by atoms with van der Waals surface area (Å²) in [6.07, 6.45) is 0. The number of anilines is 1. The van der Waals surface area contributed by atoms with Crippen LogP contribution in [0.25, 0.3) is 0 Å². The maximum Gasteiger partial charge on any atom is 0.258 e. The van der Waals surface area contributed by atoms with E-state index in [0.29, 0.717) is 10.2 Å². The van der Waals surface area contributed by atoms with Gasteiger partial charge in [0.25, 0.3) is 5.91 Å². The monoisotopic (exact) mass is 419 g/mol. The average molecular weight is 420 g/mol. The second kappa shape index (κ2) is 5.79. The summed E-state index contributed by atoms with van der Waals surface area (Å²) in [5.74, 6) is -1.00. The maximum atomic E-state index is 13.5. The van der Waals surface area contributed by atoms with Crippen LogP contribution in [0, 0.1) is 9.39 Å². The third-order valence-electron chi connectivity index (χ3n) is 2.30. The Bertz CT molecular complexity index is 603. The van der Waals surface area contributed by atoms with Gasteiger partial charge in [-0.1, -0.05) is 28.1 Å². The molecule has 0 unspecified atom stereocenters. The molecule has 0 radical (unpaired) electrons. The summed E-state index contributed by atoms with van der Waals surface area (Å²) in [5.41, 5.74) is 0.687. The van der Waals surface area contributed by atoms with Crippen LogP contribution in [0.1, 0.15) is 10.4 Å². The van der Waals surface area contributed by atoms with Gasteiger partial charge < -0.3 is 5.32 Å². The predicted octanol–water partition coefficient (Wildman–Crippen LogP) is 4.45. The Kier molecular flexibility index (Phi) is 4.34. The summed E-state index contributed by atoms with van der Waals surface area (Å²) in [5, 5.41) is 2.69. The molecule has 0 bridgehead atoms. The fourth-order valence-corrected chi connectivity index (χ4v) is 2.31. The molecule has 0 aromatic heterocycles. The second-order valence-electron chi connectivity index (χ2n) is 3.56. The van der Waals surface area contributed by atoms with Crippen LogP contribution in [0.4, 0.5) is 10.1 Å². The zero-order valence-corrected chi connectivity index (χ0v) is 12.8. The molecule has 92 valence electrons. The van der Waals surface area contributed by atoms with Gasteiger partial charge >= 0.3 is 0 Å². The summed E-state index contributed by atoms with van der Waals surface area (Å²) in [6.45, 7) is 0.